The van der Waals surface area contributed by atoms with Gasteiger partial charge < -0.3 is 5.32 Å². The fraction of sp³-hybridized carbons (Fsp3) is 0.588. The summed E-state index contributed by atoms with van der Waals surface area (Å²) < 4.78 is 0. The van der Waals surface area contributed by atoms with Crippen molar-refractivity contribution in [1.29, 1.82) is 0 Å². The lowest BCUT2D eigenvalue weighted by Crippen LogP contribution is -2.38. The Kier molecular flexibility index (Phi) is 3.90. The molecule has 2 fully saturated rings. The minimum absolute atomic E-state index is 0.145. The van der Waals surface area contributed by atoms with Gasteiger partial charge in [0.25, 0.3) is 0 Å². The highest BCUT2D eigenvalue weighted by atomic mass is 16.1. The van der Waals surface area contributed by atoms with Gasteiger partial charge in [-0.25, -0.2) is 0 Å². The van der Waals surface area contributed by atoms with E-state index in [-0.39, 0.29) is 5.78 Å². The van der Waals surface area contributed by atoms with E-state index in [2.05, 4.69) is 22.3 Å². The number of hydrogen-bond acceptors (Lipinski definition) is 3. The first-order chi connectivity index (χ1) is 9.67. The minimum atomic E-state index is 0.145. The van der Waals surface area contributed by atoms with Crippen LogP contribution in [0, 0.1) is 5.41 Å². The van der Waals surface area contributed by atoms with Gasteiger partial charge in [-0.15, -0.1) is 0 Å². The van der Waals surface area contributed by atoms with Crippen LogP contribution in [-0.4, -0.2) is 36.9 Å². The number of ketones is 1. The van der Waals surface area contributed by atoms with Crippen molar-refractivity contribution in [1.82, 2.24) is 10.2 Å². The van der Waals surface area contributed by atoms with Crippen LogP contribution in [-0.2, 0) is 6.54 Å². The van der Waals surface area contributed by atoms with E-state index in [0.717, 1.165) is 12.1 Å². The highest BCUT2D eigenvalue weighted by Gasteiger charge is 2.38. The van der Waals surface area contributed by atoms with Gasteiger partial charge >= 0.3 is 0 Å². The van der Waals surface area contributed by atoms with Crippen molar-refractivity contribution in [2.24, 2.45) is 5.41 Å². The Morgan fingerprint density at radius 3 is 2.55 bits per heavy atom. The highest BCUT2D eigenvalue weighted by Crippen LogP contribution is 2.38. The number of piperidine rings is 1. The molecule has 0 bridgehead atoms. The van der Waals surface area contributed by atoms with Gasteiger partial charge in [-0.1, -0.05) is 24.3 Å². The summed E-state index contributed by atoms with van der Waals surface area (Å²) >= 11 is 0. The maximum absolute atomic E-state index is 11.3. The van der Waals surface area contributed by atoms with Crippen molar-refractivity contribution in [3.63, 3.8) is 0 Å². The van der Waals surface area contributed by atoms with Crippen LogP contribution in [0.5, 0.6) is 0 Å². The Morgan fingerprint density at radius 1 is 1.20 bits per heavy atom. The molecule has 3 rings (SSSR count). The van der Waals surface area contributed by atoms with Crippen LogP contribution in [0.1, 0.15) is 42.1 Å². The molecule has 3 nitrogen and oxygen atoms in total. The summed E-state index contributed by atoms with van der Waals surface area (Å²) in [5.74, 6) is 0.145. The molecule has 3 heteroatoms. The zero-order valence-electron chi connectivity index (χ0n) is 12.3. The van der Waals surface area contributed by atoms with Gasteiger partial charge in [0.2, 0.25) is 0 Å². The van der Waals surface area contributed by atoms with Gasteiger partial charge in [0, 0.05) is 18.7 Å². The third kappa shape index (κ3) is 2.94. The van der Waals surface area contributed by atoms with Gasteiger partial charge in [0.15, 0.2) is 5.78 Å². The molecule has 0 amide bonds. The summed E-state index contributed by atoms with van der Waals surface area (Å²) in [6.45, 7) is 7.46. The van der Waals surface area contributed by atoms with Crippen LogP contribution < -0.4 is 5.32 Å². The molecule has 0 aromatic heterocycles. The first kappa shape index (κ1) is 13.8. The molecule has 0 radical (unpaired) electrons. The normalized spacial score (nSPS) is 22.2. The smallest absolute Gasteiger partial charge is 0.159 e. The molecule has 1 aromatic rings. The molecule has 2 aliphatic rings. The number of likely N-dealkylation sites (tertiary alicyclic amines) is 1. The molecule has 0 atom stereocenters. The second-order valence-corrected chi connectivity index (χ2v) is 6.46. The zero-order chi connectivity index (χ0) is 14.0. The summed E-state index contributed by atoms with van der Waals surface area (Å²) in [4.78, 5) is 13.9. The largest absolute Gasteiger partial charge is 0.317 e. The van der Waals surface area contributed by atoms with Crippen molar-refractivity contribution >= 4 is 5.78 Å². The van der Waals surface area contributed by atoms with E-state index < -0.39 is 0 Å². The lowest BCUT2D eigenvalue weighted by atomic mass is 9.78. The summed E-state index contributed by atoms with van der Waals surface area (Å²) in [5.41, 5.74) is 2.70. The van der Waals surface area contributed by atoms with Crippen molar-refractivity contribution in [2.45, 2.75) is 32.7 Å². The second-order valence-electron chi connectivity index (χ2n) is 6.46. The number of nitrogens with zero attached hydrogens (tertiary/aromatic N) is 1. The van der Waals surface area contributed by atoms with Gasteiger partial charge in [-0.2, -0.15) is 0 Å². The maximum Gasteiger partial charge on any atom is 0.159 e. The number of benzene rings is 1. The first-order valence-electron chi connectivity index (χ1n) is 7.70. The molecule has 1 spiro atoms. The predicted octanol–water partition coefficient (Wildman–Crippen LogP) is 2.46. The maximum atomic E-state index is 11.3. The molecule has 0 unspecified atom stereocenters. The van der Waals surface area contributed by atoms with Gasteiger partial charge in [0.1, 0.15) is 0 Å². The fourth-order valence-electron chi connectivity index (χ4n) is 3.63. The van der Waals surface area contributed by atoms with Gasteiger partial charge in [-0.05, 0) is 56.8 Å². The van der Waals surface area contributed by atoms with E-state index in [0.29, 0.717) is 5.41 Å². The van der Waals surface area contributed by atoms with Crippen molar-refractivity contribution < 1.29 is 4.79 Å². The Bertz CT molecular complexity index is 474. The Morgan fingerprint density at radius 2 is 1.90 bits per heavy atom. The number of nitrogens with one attached hydrogen (secondary N) is 1. The van der Waals surface area contributed by atoms with Crippen LogP contribution in [0.15, 0.2) is 24.3 Å². The summed E-state index contributed by atoms with van der Waals surface area (Å²) in [6, 6.07) is 8.11. The molecular weight excluding hydrogens is 248 g/mol. The second kappa shape index (κ2) is 5.66. The molecule has 2 heterocycles. The fourth-order valence-corrected chi connectivity index (χ4v) is 3.63. The Hall–Kier alpha value is -1.19. The average molecular weight is 272 g/mol. The molecule has 20 heavy (non-hydrogen) atoms. The summed E-state index contributed by atoms with van der Waals surface area (Å²) in [6.07, 6.45) is 4.00. The molecule has 2 saturated heterocycles. The van der Waals surface area contributed by atoms with E-state index in [1.54, 1.807) is 6.92 Å². The molecule has 0 aliphatic carbocycles. The van der Waals surface area contributed by atoms with Gasteiger partial charge in [0.05, 0.1) is 0 Å². The van der Waals surface area contributed by atoms with E-state index in [9.17, 15) is 4.79 Å². The van der Waals surface area contributed by atoms with E-state index in [1.807, 2.05) is 12.1 Å². The van der Waals surface area contributed by atoms with Gasteiger partial charge in [-0.3, -0.25) is 9.69 Å². The lowest BCUT2D eigenvalue weighted by Gasteiger charge is -2.33. The third-order valence-electron chi connectivity index (χ3n) is 4.95. The van der Waals surface area contributed by atoms with E-state index in [1.165, 1.54) is 51.0 Å². The first-order valence-corrected chi connectivity index (χ1v) is 7.70. The van der Waals surface area contributed by atoms with Crippen molar-refractivity contribution in [3.05, 3.63) is 35.4 Å². The Labute approximate surface area is 121 Å². The predicted molar refractivity (Wildman–Crippen MR) is 80.9 cm³/mol. The minimum Gasteiger partial charge on any atom is -0.317 e. The number of carbonyl (C=O) groups is 1. The van der Waals surface area contributed by atoms with Crippen LogP contribution in [0.4, 0.5) is 0 Å². The lowest BCUT2D eigenvalue weighted by molar-refractivity contribution is 0.101. The highest BCUT2D eigenvalue weighted by molar-refractivity contribution is 5.93. The van der Waals surface area contributed by atoms with E-state index in [4.69, 9.17) is 0 Å². The molecule has 0 saturated carbocycles. The summed E-state index contributed by atoms with van der Waals surface area (Å²) in [7, 11) is 0. The monoisotopic (exact) mass is 272 g/mol. The Balaban J connectivity index is 1.60. The molecule has 1 N–H and O–H groups in total. The van der Waals surface area contributed by atoms with Crippen LogP contribution >= 0.6 is 0 Å². The molecular formula is C17H24N2O. The number of carbonyl (C=O) groups excluding carboxylic acids is 1. The zero-order valence-corrected chi connectivity index (χ0v) is 12.3. The van der Waals surface area contributed by atoms with Crippen LogP contribution in [0.3, 0.4) is 0 Å². The average Bonchev–Trinajstić information content (AvgIpc) is 2.83. The van der Waals surface area contributed by atoms with Crippen LogP contribution in [0.25, 0.3) is 0 Å². The van der Waals surface area contributed by atoms with Crippen molar-refractivity contribution in [3.8, 4) is 0 Å². The number of hydrogen-bond donors (Lipinski definition) is 1. The molecule has 2 aliphatic heterocycles. The standard InChI is InChI=1S/C17H24N2O/c1-14(20)16-4-2-15(3-5-16)12-19-11-8-17(13-19)6-9-18-10-7-17/h2-5,18H,6-13H2,1H3. The number of rotatable bonds is 3. The molecule has 108 valence electrons. The van der Waals surface area contributed by atoms with E-state index >= 15 is 0 Å². The topological polar surface area (TPSA) is 32.3 Å². The SMILES string of the molecule is CC(=O)c1ccc(CN2CCC3(CCNCC3)C2)cc1. The quantitative estimate of drug-likeness (QED) is 0.858. The third-order valence-corrected chi connectivity index (χ3v) is 4.95. The van der Waals surface area contributed by atoms with Crippen molar-refractivity contribution in [2.75, 3.05) is 26.2 Å². The summed E-state index contributed by atoms with van der Waals surface area (Å²) in [5, 5.41) is 3.47. The number of Topliss-reactive ketones (excluding diaryl/α,β-unsaturated/α-hetero) is 1. The van der Waals surface area contributed by atoms with Crippen LogP contribution in [0.2, 0.25) is 0 Å². The molecule has 1 aromatic carbocycles.